The van der Waals surface area contributed by atoms with Gasteiger partial charge in [0.15, 0.2) is 5.12 Å². The molecule has 0 aromatic carbocycles. The van der Waals surface area contributed by atoms with Crippen molar-refractivity contribution in [1.82, 2.24) is 9.88 Å². The number of carboxylic acid groups (broad SMARTS) is 1. The maximum Gasteiger partial charge on any atom is 0.326 e. The number of rotatable bonds is 6. The zero-order valence-electron chi connectivity index (χ0n) is 12.3. The van der Waals surface area contributed by atoms with Crippen molar-refractivity contribution in [3.63, 3.8) is 0 Å². The lowest BCUT2D eigenvalue weighted by molar-refractivity contribution is -0.148. The molecule has 22 heavy (non-hydrogen) atoms. The van der Waals surface area contributed by atoms with E-state index in [1.54, 1.807) is 24.5 Å². The number of hydrogen-bond donors (Lipinski definition) is 1. The Kier molecular flexibility index (Phi) is 5.54. The number of thioether (sulfide) groups is 1. The fourth-order valence-corrected chi connectivity index (χ4v) is 3.22. The monoisotopic (exact) mass is 322 g/mol. The molecule has 1 fully saturated rings. The summed E-state index contributed by atoms with van der Waals surface area (Å²) in [6.07, 6.45) is 3.77. The van der Waals surface area contributed by atoms with E-state index < -0.39 is 12.0 Å². The fraction of sp³-hybridized carbons (Fsp3) is 0.467. The van der Waals surface area contributed by atoms with Crippen molar-refractivity contribution >= 4 is 28.8 Å². The van der Waals surface area contributed by atoms with Gasteiger partial charge < -0.3 is 10.0 Å². The Labute approximate surface area is 132 Å². The van der Waals surface area contributed by atoms with E-state index in [0.717, 1.165) is 5.56 Å². The average Bonchev–Trinajstić information content (AvgIpc) is 2.84. The molecule has 118 valence electrons. The fourth-order valence-electron chi connectivity index (χ4n) is 2.53. The van der Waals surface area contributed by atoms with Gasteiger partial charge in [-0.3, -0.25) is 14.6 Å². The summed E-state index contributed by atoms with van der Waals surface area (Å²) < 4.78 is 0. The molecule has 0 bridgehead atoms. The van der Waals surface area contributed by atoms with E-state index in [4.69, 9.17) is 0 Å². The minimum atomic E-state index is -1.02. The van der Waals surface area contributed by atoms with Gasteiger partial charge in [-0.15, -0.1) is 0 Å². The quantitative estimate of drug-likeness (QED) is 0.847. The third kappa shape index (κ3) is 4.30. The lowest BCUT2D eigenvalue weighted by atomic mass is 10.1. The highest BCUT2D eigenvalue weighted by Gasteiger charge is 2.37. The molecular formula is C15H18N2O4S. The van der Waals surface area contributed by atoms with Crippen molar-refractivity contribution in [2.24, 2.45) is 5.92 Å². The Balaban J connectivity index is 2.04. The Morgan fingerprint density at radius 3 is 2.91 bits per heavy atom. The molecule has 1 aliphatic rings. The maximum atomic E-state index is 12.1. The lowest BCUT2D eigenvalue weighted by Crippen LogP contribution is -2.43. The topological polar surface area (TPSA) is 87.6 Å². The summed E-state index contributed by atoms with van der Waals surface area (Å²) >= 11 is 1.18. The molecule has 2 heterocycles. The highest BCUT2D eigenvalue weighted by atomic mass is 32.2. The predicted molar refractivity (Wildman–Crippen MR) is 82.3 cm³/mol. The number of carboxylic acids is 1. The van der Waals surface area contributed by atoms with Gasteiger partial charge in [0.25, 0.3) is 0 Å². The van der Waals surface area contributed by atoms with E-state index >= 15 is 0 Å². The number of hydrogen-bond acceptors (Lipinski definition) is 5. The second-order valence-electron chi connectivity index (χ2n) is 5.34. The molecule has 0 saturated carbocycles. The third-order valence-electron chi connectivity index (χ3n) is 3.57. The zero-order valence-corrected chi connectivity index (χ0v) is 13.1. The van der Waals surface area contributed by atoms with Crippen molar-refractivity contribution in [2.45, 2.75) is 25.8 Å². The van der Waals surface area contributed by atoms with Crippen LogP contribution in [0.2, 0.25) is 0 Å². The van der Waals surface area contributed by atoms with Gasteiger partial charge in [-0.25, -0.2) is 4.79 Å². The smallest absolute Gasteiger partial charge is 0.326 e. The van der Waals surface area contributed by atoms with Crippen LogP contribution in [0.4, 0.5) is 0 Å². The van der Waals surface area contributed by atoms with Gasteiger partial charge in [0.2, 0.25) is 5.91 Å². The Morgan fingerprint density at radius 2 is 2.32 bits per heavy atom. The van der Waals surface area contributed by atoms with Gasteiger partial charge in [0.1, 0.15) is 6.04 Å². The molecule has 7 heteroatoms. The molecule has 1 aliphatic heterocycles. The highest BCUT2D eigenvalue weighted by molar-refractivity contribution is 8.13. The summed E-state index contributed by atoms with van der Waals surface area (Å²) in [6, 6.07) is 2.66. The standard InChI is InChI=1S/C15H18N2O4S/c1-10(18)22-9-12-6-14(19)17(8-12)13(15(20)21)5-11-3-2-4-16-7-11/h2-4,7,12-13H,5-6,8-9H2,1H3,(H,20,21). The summed E-state index contributed by atoms with van der Waals surface area (Å²) in [7, 11) is 0. The minimum absolute atomic E-state index is 0.0102. The molecule has 2 rings (SSSR count). The van der Waals surface area contributed by atoms with Crippen molar-refractivity contribution in [2.75, 3.05) is 12.3 Å². The minimum Gasteiger partial charge on any atom is -0.480 e. The van der Waals surface area contributed by atoms with E-state index in [1.807, 2.05) is 0 Å². The van der Waals surface area contributed by atoms with Crippen LogP contribution >= 0.6 is 11.8 Å². The van der Waals surface area contributed by atoms with Crippen molar-refractivity contribution in [1.29, 1.82) is 0 Å². The van der Waals surface area contributed by atoms with Gasteiger partial charge in [-0.1, -0.05) is 17.8 Å². The molecule has 1 saturated heterocycles. The van der Waals surface area contributed by atoms with Crippen LogP contribution in [0.1, 0.15) is 18.9 Å². The summed E-state index contributed by atoms with van der Waals surface area (Å²) in [4.78, 5) is 40.1. The SMILES string of the molecule is CC(=O)SCC1CC(=O)N(C(Cc2cccnc2)C(=O)O)C1. The van der Waals surface area contributed by atoms with E-state index in [0.29, 0.717) is 18.7 Å². The molecule has 1 N–H and O–H groups in total. The van der Waals surface area contributed by atoms with Gasteiger partial charge >= 0.3 is 5.97 Å². The van der Waals surface area contributed by atoms with Crippen molar-refractivity contribution < 1.29 is 19.5 Å². The predicted octanol–water partition coefficient (Wildman–Crippen LogP) is 1.21. The highest BCUT2D eigenvalue weighted by Crippen LogP contribution is 2.25. The van der Waals surface area contributed by atoms with Crippen LogP contribution in [0.15, 0.2) is 24.5 Å². The molecule has 1 amide bonds. The summed E-state index contributed by atoms with van der Waals surface area (Å²) in [5.41, 5.74) is 0.782. The van der Waals surface area contributed by atoms with Gasteiger partial charge in [0, 0.05) is 44.5 Å². The first-order valence-electron chi connectivity index (χ1n) is 7.02. The number of aliphatic carboxylic acids is 1. The summed E-state index contributed by atoms with van der Waals surface area (Å²) in [5, 5.41) is 9.45. The Morgan fingerprint density at radius 1 is 1.55 bits per heavy atom. The van der Waals surface area contributed by atoms with E-state index in [1.165, 1.54) is 23.6 Å². The average molecular weight is 322 g/mol. The number of pyridine rings is 1. The molecule has 2 atom stereocenters. The Bertz CT molecular complexity index is 564. The third-order valence-corrected chi connectivity index (χ3v) is 4.62. The molecule has 0 aliphatic carbocycles. The maximum absolute atomic E-state index is 12.1. The largest absolute Gasteiger partial charge is 0.480 e. The molecule has 6 nitrogen and oxygen atoms in total. The number of amides is 1. The van der Waals surface area contributed by atoms with Crippen LogP contribution < -0.4 is 0 Å². The molecule has 0 radical (unpaired) electrons. The van der Waals surface area contributed by atoms with E-state index in [-0.39, 0.29) is 23.4 Å². The van der Waals surface area contributed by atoms with Crippen LogP contribution in [0.25, 0.3) is 0 Å². The van der Waals surface area contributed by atoms with E-state index in [9.17, 15) is 19.5 Å². The van der Waals surface area contributed by atoms with Crippen molar-refractivity contribution in [3.8, 4) is 0 Å². The number of likely N-dealkylation sites (tertiary alicyclic amines) is 1. The normalized spacial score (nSPS) is 19.2. The van der Waals surface area contributed by atoms with Gasteiger partial charge in [0.05, 0.1) is 0 Å². The molecule has 1 aromatic heterocycles. The lowest BCUT2D eigenvalue weighted by Gasteiger charge is -2.24. The van der Waals surface area contributed by atoms with E-state index in [2.05, 4.69) is 4.98 Å². The second kappa shape index (κ2) is 7.40. The summed E-state index contributed by atoms with van der Waals surface area (Å²) in [5.74, 6) is -0.601. The first-order chi connectivity index (χ1) is 10.5. The molecule has 0 spiro atoms. The van der Waals surface area contributed by atoms with Gasteiger partial charge in [-0.2, -0.15) is 0 Å². The number of carbonyl (C=O) groups excluding carboxylic acids is 2. The molecule has 2 unspecified atom stereocenters. The van der Waals surface area contributed by atoms with Crippen LogP contribution in [-0.2, 0) is 20.8 Å². The van der Waals surface area contributed by atoms with Crippen LogP contribution in [0.3, 0.4) is 0 Å². The summed E-state index contributed by atoms with van der Waals surface area (Å²) in [6.45, 7) is 1.87. The molecule has 1 aromatic rings. The van der Waals surface area contributed by atoms with Crippen molar-refractivity contribution in [3.05, 3.63) is 30.1 Å². The van der Waals surface area contributed by atoms with Crippen LogP contribution in [-0.4, -0.2) is 50.3 Å². The first-order valence-corrected chi connectivity index (χ1v) is 8.00. The van der Waals surface area contributed by atoms with Crippen LogP contribution in [0, 0.1) is 5.92 Å². The number of carbonyl (C=O) groups is 3. The second-order valence-corrected chi connectivity index (χ2v) is 6.54. The zero-order chi connectivity index (χ0) is 16.1. The van der Waals surface area contributed by atoms with Crippen LogP contribution in [0.5, 0.6) is 0 Å². The number of aromatic nitrogens is 1. The molecular weight excluding hydrogens is 304 g/mol. The number of nitrogens with zero attached hydrogens (tertiary/aromatic N) is 2. The van der Waals surface area contributed by atoms with Gasteiger partial charge in [-0.05, 0) is 17.5 Å². The first kappa shape index (κ1) is 16.5. The Hall–Kier alpha value is -1.89.